The predicted octanol–water partition coefficient (Wildman–Crippen LogP) is 4.80. The molecule has 0 unspecified atom stereocenters. The van der Waals surface area contributed by atoms with E-state index >= 15 is 0 Å². The lowest BCUT2D eigenvalue weighted by atomic mass is 10.1. The normalized spacial score (nSPS) is 11.5. The molecular weight excluding hydrogens is 436 g/mol. The lowest BCUT2D eigenvalue weighted by molar-refractivity contribution is 0.558. The van der Waals surface area contributed by atoms with Gasteiger partial charge in [-0.15, -0.1) is 0 Å². The third kappa shape index (κ3) is 3.19. The molecule has 2 aliphatic heterocycles. The van der Waals surface area contributed by atoms with Gasteiger partial charge in [-0.3, -0.25) is 4.79 Å². The molecule has 1 aromatic heterocycles. The Morgan fingerprint density at radius 2 is 1.62 bits per heavy atom. The summed E-state index contributed by atoms with van der Waals surface area (Å²) in [4.78, 5) is 13.2. The number of rotatable bonds is 4. The molecule has 34 heavy (non-hydrogen) atoms. The van der Waals surface area contributed by atoms with Gasteiger partial charge in [0.1, 0.15) is 11.4 Å². The zero-order valence-electron chi connectivity index (χ0n) is 17.8. The molecule has 3 aromatic carbocycles. The van der Waals surface area contributed by atoms with E-state index in [2.05, 4.69) is 10.2 Å². The van der Waals surface area contributed by atoms with E-state index < -0.39 is 22.9 Å². The van der Waals surface area contributed by atoms with Crippen LogP contribution in [0.2, 0.25) is 0 Å². The highest BCUT2D eigenvalue weighted by Gasteiger charge is 2.23. The first-order valence-electron chi connectivity index (χ1n) is 10.6. The molecule has 6 nitrogen and oxygen atoms in total. The van der Waals surface area contributed by atoms with Gasteiger partial charge in [0.2, 0.25) is 0 Å². The highest BCUT2D eigenvalue weighted by Crippen LogP contribution is 2.29. The maximum Gasteiger partial charge on any atom is 0.282 e. The van der Waals surface area contributed by atoms with Crippen LogP contribution in [0.5, 0.6) is 0 Å². The molecule has 166 valence electrons. The molecule has 0 aliphatic carbocycles. The standard InChI is InChI=1S/C26H17F2N5O/c27-21-6-3-7-22(28)25(21)33-26(34)20-16-31(23-8-2-1-5-19(23)24(20)30-33)15-17-9-11-18(12-10-17)32-14-4-13-29-32/h1-14,16H,15H2. The SMILES string of the molecule is O=c1c2cn(Cc3ccc(-n4cccn4)cc3)c3ccccc3c-2nn1-c1c(F)cccc1F. The third-order valence-corrected chi connectivity index (χ3v) is 5.84. The van der Waals surface area contributed by atoms with Crippen molar-refractivity contribution < 1.29 is 8.78 Å². The molecule has 0 saturated heterocycles. The lowest BCUT2D eigenvalue weighted by Gasteiger charge is -2.14. The van der Waals surface area contributed by atoms with Crippen LogP contribution in [0, 0.1) is 11.6 Å². The fourth-order valence-electron chi connectivity index (χ4n) is 4.23. The van der Waals surface area contributed by atoms with Crippen molar-refractivity contribution in [3.05, 3.63) is 119 Å². The van der Waals surface area contributed by atoms with Crippen molar-refractivity contribution in [2.24, 2.45) is 0 Å². The monoisotopic (exact) mass is 453 g/mol. The molecule has 0 spiro atoms. The summed E-state index contributed by atoms with van der Waals surface area (Å²) in [6, 6.07) is 20.8. The number of pyridine rings is 1. The summed E-state index contributed by atoms with van der Waals surface area (Å²) in [7, 11) is 0. The van der Waals surface area contributed by atoms with Gasteiger partial charge in [0.15, 0.2) is 11.6 Å². The summed E-state index contributed by atoms with van der Waals surface area (Å²) in [5.74, 6) is -1.70. The number of fused-ring (bicyclic) bond motifs is 3. The van der Waals surface area contributed by atoms with E-state index in [0.29, 0.717) is 12.2 Å². The van der Waals surface area contributed by atoms with E-state index in [1.54, 1.807) is 17.1 Å². The second-order valence-electron chi connectivity index (χ2n) is 7.94. The number of hydrogen-bond donors (Lipinski definition) is 0. The molecule has 8 heteroatoms. The number of benzene rings is 3. The van der Waals surface area contributed by atoms with Crippen molar-refractivity contribution in [2.45, 2.75) is 6.54 Å². The van der Waals surface area contributed by atoms with Gasteiger partial charge in [-0.1, -0.05) is 36.4 Å². The molecule has 3 heterocycles. The van der Waals surface area contributed by atoms with Gasteiger partial charge in [-0.2, -0.15) is 14.9 Å². The summed E-state index contributed by atoms with van der Waals surface area (Å²) in [6.07, 6.45) is 5.29. The van der Waals surface area contributed by atoms with Gasteiger partial charge in [0.25, 0.3) is 5.56 Å². The zero-order chi connectivity index (χ0) is 23.2. The number of hydrogen-bond acceptors (Lipinski definition) is 3. The Bertz CT molecular complexity index is 1650. The van der Waals surface area contributed by atoms with Gasteiger partial charge >= 0.3 is 0 Å². The van der Waals surface area contributed by atoms with Crippen LogP contribution in [0.3, 0.4) is 0 Å². The van der Waals surface area contributed by atoms with E-state index in [1.165, 1.54) is 6.07 Å². The van der Waals surface area contributed by atoms with Crippen LogP contribution in [0.4, 0.5) is 8.78 Å². The van der Waals surface area contributed by atoms with Crippen molar-refractivity contribution in [1.29, 1.82) is 0 Å². The predicted molar refractivity (Wildman–Crippen MR) is 125 cm³/mol. The Morgan fingerprint density at radius 3 is 2.35 bits per heavy atom. The Labute approximate surface area is 192 Å². The molecule has 0 radical (unpaired) electrons. The Kier molecular flexibility index (Phi) is 4.58. The summed E-state index contributed by atoms with van der Waals surface area (Å²) >= 11 is 0. The molecule has 0 bridgehead atoms. The largest absolute Gasteiger partial charge is 0.342 e. The van der Waals surface area contributed by atoms with Crippen LogP contribution >= 0.6 is 0 Å². The molecule has 2 aliphatic rings. The van der Waals surface area contributed by atoms with Crippen molar-refractivity contribution in [3.63, 3.8) is 0 Å². The Hall–Kier alpha value is -4.59. The minimum absolute atomic E-state index is 0.287. The third-order valence-electron chi connectivity index (χ3n) is 5.84. The van der Waals surface area contributed by atoms with Crippen molar-refractivity contribution in [1.82, 2.24) is 24.1 Å². The number of halogens is 2. The summed E-state index contributed by atoms with van der Waals surface area (Å²) in [5, 5.41) is 9.28. The van der Waals surface area contributed by atoms with E-state index in [-0.39, 0.29) is 5.56 Å². The van der Waals surface area contributed by atoms with Gasteiger partial charge in [0.05, 0.1) is 16.8 Å². The molecule has 0 fully saturated rings. The number of aromatic nitrogens is 5. The van der Waals surface area contributed by atoms with Crippen LogP contribution in [0.15, 0.2) is 96.2 Å². The highest BCUT2D eigenvalue weighted by molar-refractivity contribution is 5.93. The van der Waals surface area contributed by atoms with Crippen LogP contribution in [0.25, 0.3) is 33.5 Å². The smallest absolute Gasteiger partial charge is 0.282 e. The van der Waals surface area contributed by atoms with Gasteiger partial charge in [-0.05, 0) is 42.0 Å². The van der Waals surface area contributed by atoms with Gasteiger partial charge < -0.3 is 4.57 Å². The molecule has 4 aromatic rings. The number of para-hydroxylation sites is 2. The van der Waals surface area contributed by atoms with Crippen LogP contribution < -0.4 is 5.56 Å². The minimum Gasteiger partial charge on any atom is -0.342 e. The Balaban J connectivity index is 1.49. The fraction of sp³-hybridized carbons (Fsp3) is 0.0385. The second kappa shape index (κ2) is 7.77. The first kappa shape index (κ1) is 20.0. The lowest BCUT2D eigenvalue weighted by Crippen LogP contribution is -2.17. The summed E-state index contributed by atoms with van der Waals surface area (Å²) in [5.41, 5.74) is 2.44. The van der Waals surface area contributed by atoms with E-state index in [1.807, 2.05) is 65.4 Å². The quantitative estimate of drug-likeness (QED) is 0.385. The maximum absolute atomic E-state index is 14.4. The van der Waals surface area contributed by atoms with E-state index in [4.69, 9.17) is 0 Å². The van der Waals surface area contributed by atoms with Crippen LogP contribution in [-0.4, -0.2) is 24.1 Å². The van der Waals surface area contributed by atoms with Crippen LogP contribution in [0.1, 0.15) is 5.56 Å². The molecule has 0 N–H and O–H groups in total. The van der Waals surface area contributed by atoms with Crippen molar-refractivity contribution in [3.8, 4) is 22.6 Å². The van der Waals surface area contributed by atoms with Gasteiger partial charge in [-0.25, -0.2) is 13.5 Å². The molecule has 0 atom stereocenters. The highest BCUT2D eigenvalue weighted by atomic mass is 19.1. The van der Waals surface area contributed by atoms with E-state index in [9.17, 15) is 13.6 Å². The molecule has 6 rings (SSSR count). The summed E-state index contributed by atoms with van der Waals surface area (Å²) in [6.45, 7) is 0.495. The topological polar surface area (TPSA) is 57.6 Å². The minimum atomic E-state index is -0.848. The van der Waals surface area contributed by atoms with Crippen molar-refractivity contribution >= 4 is 10.9 Å². The molecule has 0 saturated carbocycles. The first-order chi connectivity index (χ1) is 16.6. The second-order valence-corrected chi connectivity index (χ2v) is 7.94. The summed E-state index contributed by atoms with van der Waals surface area (Å²) < 4.78 is 33.4. The average Bonchev–Trinajstić information content (AvgIpc) is 3.49. The van der Waals surface area contributed by atoms with Gasteiger partial charge in [0, 0.05) is 30.5 Å². The molecular formula is C26H17F2N5O. The fourth-order valence-corrected chi connectivity index (χ4v) is 4.23. The zero-order valence-corrected chi connectivity index (χ0v) is 17.8. The Morgan fingerprint density at radius 1 is 0.853 bits per heavy atom. The van der Waals surface area contributed by atoms with E-state index in [0.717, 1.165) is 39.0 Å². The van der Waals surface area contributed by atoms with Crippen LogP contribution in [-0.2, 0) is 6.54 Å². The maximum atomic E-state index is 14.4. The molecule has 0 amide bonds. The number of nitrogens with zero attached hydrogens (tertiary/aromatic N) is 5. The van der Waals surface area contributed by atoms with Crippen molar-refractivity contribution in [2.75, 3.05) is 0 Å². The first-order valence-corrected chi connectivity index (χ1v) is 10.6. The average molecular weight is 453 g/mol.